The summed E-state index contributed by atoms with van der Waals surface area (Å²) >= 11 is 5.77. The Bertz CT molecular complexity index is 547. The molecule has 1 aromatic heterocycles. The van der Waals surface area contributed by atoms with Crippen molar-refractivity contribution in [2.24, 2.45) is 5.73 Å². The van der Waals surface area contributed by atoms with Gasteiger partial charge < -0.3 is 20.9 Å². The zero-order valence-electron chi connectivity index (χ0n) is 8.62. The number of Topliss-reactive ketones (excluding diaryl/α,β-unsaturated/α-hetero) is 1. The van der Waals surface area contributed by atoms with Crippen molar-refractivity contribution in [2.75, 3.05) is 6.61 Å². The minimum absolute atomic E-state index is 0.0509. The molecular weight excluding hydrogens is 246 g/mol. The number of rotatable bonds is 2. The van der Waals surface area contributed by atoms with Crippen LogP contribution in [0.1, 0.15) is 27.7 Å². The van der Waals surface area contributed by atoms with Crippen LogP contribution in [0.5, 0.6) is 0 Å². The number of fused-ring (bicyclic) bond motifs is 1. The molecule has 1 aliphatic rings. The first-order valence-corrected chi connectivity index (χ1v) is 5.16. The highest BCUT2D eigenvalue weighted by molar-refractivity contribution is 6.64. The minimum Gasteiger partial charge on any atom is -0.397 e. The lowest BCUT2D eigenvalue weighted by Crippen LogP contribution is -2.24. The van der Waals surface area contributed by atoms with E-state index in [-0.39, 0.29) is 27.7 Å². The van der Waals surface area contributed by atoms with Crippen molar-refractivity contribution in [1.82, 2.24) is 4.98 Å². The molecular formula is C10H10ClN3O3. The van der Waals surface area contributed by atoms with Gasteiger partial charge in [-0.25, -0.2) is 0 Å². The van der Waals surface area contributed by atoms with Gasteiger partial charge in [0.1, 0.15) is 11.8 Å². The molecule has 0 bridgehead atoms. The Morgan fingerprint density at radius 1 is 1.59 bits per heavy atom. The fourth-order valence-corrected chi connectivity index (χ4v) is 1.92. The number of nitrogens with two attached hydrogens (primary N) is 1. The maximum atomic E-state index is 11.7. The zero-order chi connectivity index (χ0) is 12.7. The molecule has 1 aromatic rings. The van der Waals surface area contributed by atoms with E-state index in [2.05, 4.69) is 4.98 Å². The van der Waals surface area contributed by atoms with Crippen LogP contribution in [0.15, 0.2) is 11.2 Å². The molecule has 0 amide bonds. The van der Waals surface area contributed by atoms with Crippen LogP contribution in [0.3, 0.4) is 0 Å². The van der Waals surface area contributed by atoms with Gasteiger partial charge in [-0.1, -0.05) is 11.6 Å². The highest BCUT2D eigenvalue weighted by atomic mass is 35.5. The lowest BCUT2D eigenvalue weighted by molar-refractivity contribution is 0.0954. The third-order valence-electron chi connectivity index (χ3n) is 2.62. The summed E-state index contributed by atoms with van der Waals surface area (Å²) in [5.74, 6) is -0.587. The van der Waals surface area contributed by atoms with Gasteiger partial charge in [0.05, 0.1) is 23.0 Å². The number of hydrogen-bond acceptors (Lipinski definition) is 5. The number of hydrogen-bond donors (Lipinski definition) is 5. The fraction of sp³-hybridized carbons (Fsp3) is 0.200. The van der Waals surface area contributed by atoms with E-state index in [1.807, 2.05) is 0 Å². The predicted molar refractivity (Wildman–Crippen MR) is 61.9 cm³/mol. The second-order valence-electron chi connectivity index (χ2n) is 3.62. The van der Waals surface area contributed by atoms with Crippen molar-refractivity contribution in [3.63, 3.8) is 0 Å². The summed E-state index contributed by atoms with van der Waals surface area (Å²) in [5.41, 5.74) is 6.05. The fourth-order valence-electron chi connectivity index (χ4n) is 1.74. The van der Waals surface area contributed by atoms with E-state index >= 15 is 0 Å². The molecule has 0 aromatic carbocycles. The van der Waals surface area contributed by atoms with E-state index in [1.54, 1.807) is 0 Å². The number of aliphatic hydroxyl groups is 2. The van der Waals surface area contributed by atoms with Crippen LogP contribution in [-0.4, -0.2) is 33.3 Å². The summed E-state index contributed by atoms with van der Waals surface area (Å²) in [6.07, 6.45) is 0.220. The van der Waals surface area contributed by atoms with Crippen LogP contribution >= 0.6 is 11.6 Å². The number of nitrogens with one attached hydrogen (secondary N) is 2. The number of H-pyrrole nitrogens is 1. The first-order valence-electron chi connectivity index (χ1n) is 4.78. The molecule has 0 fully saturated rings. The summed E-state index contributed by atoms with van der Waals surface area (Å²) in [7, 11) is 0. The Balaban J connectivity index is 2.68. The van der Waals surface area contributed by atoms with Crippen LogP contribution in [0, 0.1) is 5.41 Å². The van der Waals surface area contributed by atoms with Gasteiger partial charge in [0.15, 0.2) is 0 Å². The maximum absolute atomic E-state index is 11.7. The molecule has 1 atom stereocenters. The molecule has 7 heteroatoms. The SMILES string of the molecule is N=C1C(=O)c2[nH]cc([C@H](O)CO)c2C(N)=C1Cl. The summed E-state index contributed by atoms with van der Waals surface area (Å²) in [6.45, 7) is -0.499. The van der Waals surface area contributed by atoms with Gasteiger partial charge in [0.25, 0.3) is 0 Å². The Hall–Kier alpha value is -1.63. The second kappa shape index (κ2) is 3.99. The van der Waals surface area contributed by atoms with Crippen molar-refractivity contribution in [1.29, 1.82) is 5.41 Å². The number of aliphatic hydroxyl groups excluding tert-OH is 2. The van der Waals surface area contributed by atoms with E-state index in [0.29, 0.717) is 5.56 Å². The van der Waals surface area contributed by atoms with Crippen molar-refractivity contribution < 1.29 is 15.0 Å². The Labute approximate surface area is 101 Å². The van der Waals surface area contributed by atoms with Gasteiger partial charge in [-0.05, 0) is 0 Å². The molecule has 17 heavy (non-hydrogen) atoms. The Morgan fingerprint density at radius 2 is 2.24 bits per heavy atom. The van der Waals surface area contributed by atoms with E-state index in [1.165, 1.54) is 6.20 Å². The Morgan fingerprint density at radius 3 is 2.82 bits per heavy atom. The van der Waals surface area contributed by atoms with Crippen molar-refractivity contribution in [2.45, 2.75) is 6.10 Å². The van der Waals surface area contributed by atoms with Crippen LogP contribution in [-0.2, 0) is 0 Å². The monoisotopic (exact) mass is 255 g/mol. The lowest BCUT2D eigenvalue weighted by Gasteiger charge is -2.16. The smallest absolute Gasteiger partial charge is 0.229 e. The quantitative estimate of drug-likeness (QED) is 0.515. The molecule has 90 valence electrons. The van der Waals surface area contributed by atoms with Gasteiger partial charge >= 0.3 is 0 Å². The van der Waals surface area contributed by atoms with Crippen molar-refractivity contribution >= 4 is 28.8 Å². The van der Waals surface area contributed by atoms with Crippen molar-refractivity contribution in [3.05, 3.63) is 28.0 Å². The molecule has 0 saturated carbocycles. The summed E-state index contributed by atoms with van der Waals surface area (Å²) in [6, 6.07) is 0. The molecule has 1 aliphatic carbocycles. The summed E-state index contributed by atoms with van der Waals surface area (Å²) in [4.78, 5) is 14.4. The zero-order valence-corrected chi connectivity index (χ0v) is 9.38. The topological polar surface area (TPSA) is 123 Å². The van der Waals surface area contributed by atoms with Gasteiger partial charge in [0.2, 0.25) is 5.78 Å². The predicted octanol–water partition coefficient (Wildman–Crippen LogP) is 0.123. The molecule has 0 unspecified atom stereocenters. The van der Waals surface area contributed by atoms with E-state index in [4.69, 9.17) is 27.9 Å². The molecule has 2 rings (SSSR count). The third kappa shape index (κ3) is 1.57. The highest BCUT2D eigenvalue weighted by Gasteiger charge is 2.32. The largest absolute Gasteiger partial charge is 0.397 e. The number of carbonyl (C=O) groups is 1. The van der Waals surface area contributed by atoms with Crippen LogP contribution < -0.4 is 5.73 Å². The van der Waals surface area contributed by atoms with E-state index < -0.39 is 18.5 Å². The van der Waals surface area contributed by atoms with Gasteiger partial charge in [-0.2, -0.15) is 0 Å². The average Bonchev–Trinajstić information content (AvgIpc) is 2.77. The number of aromatic nitrogens is 1. The number of aromatic amines is 1. The van der Waals surface area contributed by atoms with Gasteiger partial charge in [-0.15, -0.1) is 0 Å². The van der Waals surface area contributed by atoms with E-state index in [0.717, 1.165) is 0 Å². The second-order valence-corrected chi connectivity index (χ2v) is 4.00. The highest BCUT2D eigenvalue weighted by Crippen LogP contribution is 2.33. The molecule has 0 radical (unpaired) electrons. The average molecular weight is 256 g/mol. The lowest BCUT2D eigenvalue weighted by atomic mass is 9.94. The maximum Gasteiger partial charge on any atom is 0.229 e. The Kier molecular flexibility index (Phi) is 2.78. The summed E-state index contributed by atoms with van der Waals surface area (Å²) in [5, 5.41) is 25.8. The van der Waals surface area contributed by atoms with Crippen LogP contribution in [0.4, 0.5) is 0 Å². The first-order chi connectivity index (χ1) is 7.99. The molecule has 0 saturated heterocycles. The number of halogens is 1. The summed E-state index contributed by atoms with van der Waals surface area (Å²) < 4.78 is 0. The normalized spacial score (nSPS) is 17.4. The minimum atomic E-state index is -1.15. The van der Waals surface area contributed by atoms with Crippen LogP contribution in [0.2, 0.25) is 0 Å². The molecule has 0 spiro atoms. The molecule has 1 heterocycles. The number of carbonyl (C=O) groups excluding carboxylic acids is 1. The van der Waals surface area contributed by atoms with Crippen LogP contribution in [0.25, 0.3) is 5.70 Å². The van der Waals surface area contributed by atoms with Gasteiger partial charge in [-0.3, -0.25) is 10.2 Å². The first kappa shape index (κ1) is 11.8. The number of ketones is 1. The standard InChI is InChI=1S/C10H10ClN3O3/c11-6-7(12)5-3(4(16)2-15)1-14-9(5)10(17)8(6)13/h1,4,13-16H,2,12H2/t4-/m1/s1. The third-order valence-corrected chi connectivity index (χ3v) is 3.01. The molecule has 0 aliphatic heterocycles. The van der Waals surface area contributed by atoms with Gasteiger partial charge in [0, 0.05) is 17.3 Å². The van der Waals surface area contributed by atoms with E-state index in [9.17, 15) is 9.90 Å². The number of allylic oxidation sites excluding steroid dienone is 1. The molecule has 6 nitrogen and oxygen atoms in total. The van der Waals surface area contributed by atoms with Crippen molar-refractivity contribution in [3.8, 4) is 0 Å². The molecule has 6 N–H and O–H groups in total.